The topological polar surface area (TPSA) is 84.0 Å². The number of amides is 1. The van der Waals surface area contributed by atoms with Crippen molar-refractivity contribution in [1.29, 1.82) is 0 Å². The van der Waals surface area contributed by atoms with Gasteiger partial charge in [0.05, 0.1) is 7.11 Å². The van der Waals surface area contributed by atoms with Crippen molar-refractivity contribution in [2.45, 2.75) is 26.3 Å². The summed E-state index contributed by atoms with van der Waals surface area (Å²) in [6.07, 6.45) is 0. The normalized spacial score (nSPS) is 11.7. The van der Waals surface area contributed by atoms with Crippen LogP contribution in [0.5, 0.6) is 11.5 Å². The second-order valence-electron chi connectivity index (χ2n) is 6.85. The molecule has 7 nitrogen and oxygen atoms in total. The van der Waals surface area contributed by atoms with Crippen molar-refractivity contribution in [3.8, 4) is 11.5 Å². The van der Waals surface area contributed by atoms with Gasteiger partial charge < -0.3 is 25.4 Å². The highest BCUT2D eigenvalue weighted by atomic mass is 127. The van der Waals surface area contributed by atoms with Gasteiger partial charge in [-0.2, -0.15) is 0 Å². The molecule has 2 rings (SSSR count). The van der Waals surface area contributed by atoms with Crippen LogP contribution < -0.4 is 25.4 Å². The Bertz CT molecular complexity index is 831. The van der Waals surface area contributed by atoms with Gasteiger partial charge in [0.2, 0.25) is 0 Å². The van der Waals surface area contributed by atoms with Gasteiger partial charge >= 0.3 is 0 Å². The highest BCUT2D eigenvalue weighted by molar-refractivity contribution is 14.0. The Labute approximate surface area is 202 Å². The Kier molecular flexibility index (Phi) is 12.4. The minimum absolute atomic E-state index is 0. The first-order valence-electron chi connectivity index (χ1n) is 10.1. The fourth-order valence-corrected chi connectivity index (χ4v) is 2.89. The first-order valence-corrected chi connectivity index (χ1v) is 10.1. The lowest BCUT2D eigenvalue weighted by Gasteiger charge is -2.17. The van der Waals surface area contributed by atoms with Crippen molar-refractivity contribution in [1.82, 2.24) is 16.0 Å². The van der Waals surface area contributed by atoms with Crippen molar-refractivity contribution in [2.24, 2.45) is 4.99 Å². The van der Waals surface area contributed by atoms with Gasteiger partial charge in [-0.1, -0.05) is 43.3 Å². The molecule has 0 saturated heterocycles. The molecular weight excluding hydrogens is 507 g/mol. The maximum Gasteiger partial charge on any atom is 0.257 e. The predicted octanol–water partition coefficient (Wildman–Crippen LogP) is 3.30. The molecule has 8 heteroatoms. The van der Waals surface area contributed by atoms with Gasteiger partial charge in [-0.25, -0.2) is 0 Å². The van der Waals surface area contributed by atoms with Crippen LogP contribution >= 0.6 is 24.0 Å². The van der Waals surface area contributed by atoms with E-state index in [1.165, 1.54) is 5.56 Å². The SMILES string of the molecule is CCNC(=O)COc1ccc(CNC(=NC)NCC(C)c2ccccc2)cc1OC.I. The third kappa shape index (κ3) is 9.04. The lowest BCUT2D eigenvalue weighted by Crippen LogP contribution is -2.38. The number of nitrogens with zero attached hydrogens (tertiary/aromatic N) is 1. The molecule has 1 unspecified atom stereocenters. The second-order valence-corrected chi connectivity index (χ2v) is 6.85. The fourth-order valence-electron chi connectivity index (χ4n) is 2.89. The number of halogens is 1. The van der Waals surface area contributed by atoms with Gasteiger partial charge in [0.1, 0.15) is 0 Å². The van der Waals surface area contributed by atoms with Crippen molar-refractivity contribution < 1.29 is 14.3 Å². The van der Waals surface area contributed by atoms with E-state index in [-0.39, 0.29) is 36.5 Å². The number of aliphatic imine (C=N–C) groups is 1. The van der Waals surface area contributed by atoms with Crippen LogP contribution in [0.3, 0.4) is 0 Å². The van der Waals surface area contributed by atoms with Crippen LogP contribution in [0.1, 0.15) is 30.9 Å². The van der Waals surface area contributed by atoms with Crippen LogP contribution in [0.25, 0.3) is 0 Å². The minimum Gasteiger partial charge on any atom is -0.493 e. The standard InChI is InChI=1S/C23H32N4O3.HI/c1-5-25-22(28)16-30-20-12-11-18(13-21(20)29-4)15-27-23(24-3)26-14-17(2)19-9-7-6-8-10-19;/h6-13,17H,5,14-16H2,1-4H3,(H,25,28)(H2,24,26,27);1H. The molecule has 1 amide bonds. The lowest BCUT2D eigenvalue weighted by atomic mass is 10.0. The monoisotopic (exact) mass is 540 g/mol. The zero-order chi connectivity index (χ0) is 21.8. The van der Waals surface area contributed by atoms with Gasteiger partial charge in [-0.05, 0) is 36.1 Å². The summed E-state index contributed by atoms with van der Waals surface area (Å²) in [6.45, 7) is 5.93. The number of guanidine groups is 1. The minimum atomic E-state index is -0.162. The summed E-state index contributed by atoms with van der Waals surface area (Å²) >= 11 is 0. The summed E-state index contributed by atoms with van der Waals surface area (Å²) in [5.74, 6) is 2.05. The molecule has 0 spiro atoms. The van der Waals surface area contributed by atoms with E-state index in [9.17, 15) is 4.79 Å². The van der Waals surface area contributed by atoms with Gasteiger partial charge in [-0.15, -0.1) is 24.0 Å². The van der Waals surface area contributed by atoms with E-state index >= 15 is 0 Å². The molecule has 0 saturated carbocycles. The van der Waals surface area contributed by atoms with Crippen LogP contribution in [0, 0.1) is 0 Å². The predicted molar refractivity (Wildman–Crippen MR) is 136 cm³/mol. The average Bonchev–Trinajstić information content (AvgIpc) is 2.78. The number of rotatable bonds is 10. The Morgan fingerprint density at radius 1 is 1.06 bits per heavy atom. The summed E-state index contributed by atoms with van der Waals surface area (Å²) in [7, 11) is 3.33. The Balaban J connectivity index is 0.00000480. The Morgan fingerprint density at radius 3 is 2.45 bits per heavy atom. The summed E-state index contributed by atoms with van der Waals surface area (Å²) in [5.41, 5.74) is 2.30. The molecule has 0 aromatic heterocycles. The molecule has 0 aliphatic heterocycles. The van der Waals surface area contributed by atoms with E-state index in [1.807, 2.05) is 31.2 Å². The third-order valence-corrected chi connectivity index (χ3v) is 4.59. The summed E-state index contributed by atoms with van der Waals surface area (Å²) in [6, 6.07) is 16.0. The molecule has 0 aliphatic carbocycles. The molecule has 0 heterocycles. The molecule has 0 radical (unpaired) electrons. The number of likely N-dealkylation sites (N-methyl/N-ethyl adjacent to an activating group) is 1. The summed E-state index contributed by atoms with van der Waals surface area (Å²) < 4.78 is 11.0. The average molecular weight is 540 g/mol. The largest absolute Gasteiger partial charge is 0.493 e. The summed E-state index contributed by atoms with van der Waals surface area (Å²) in [5, 5.41) is 9.37. The maximum absolute atomic E-state index is 11.6. The smallest absolute Gasteiger partial charge is 0.257 e. The van der Waals surface area contributed by atoms with E-state index in [0.29, 0.717) is 30.5 Å². The summed E-state index contributed by atoms with van der Waals surface area (Å²) in [4.78, 5) is 15.9. The van der Waals surface area contributed by atoms with Crippen LogP contribution in [0.2, 0.25) is 0 Å². The van der Waals surface area contributed by atoms with Gasteiger partial charge in [0.25, 0.3) is 5.91 Å². The first-order chi connectivity index (χ1) is 14.6. The molecule has 0 fully saturated rings. The zero-order valence-corrected chi connectivity index (χ0v) is 20.9. The van der Waals surface area contributed by atoms with Crippen LogP contribution in [0.4, 0.5) is 0 Å². The lowest BCUT2D eigenvalue weighted by molar-refractivity contribution is -0.123. The van der Waals surface area contributed by atoms with E-state index < -0.39 is 0 Å². The van der Waals surface area contributed by atoms with E-state index in [4.69, 9.17) is 9.47 Å². The molecule has 0 bridgehead atoms. The Morgan fingerprint density at radius 2 is 1.81 bits per heavy atom. The van der Waals surface area contributed by atoms with E-state index in [1.54, 1.807) is 14.2 Å². The first kappa shape index (κ1) is 26.5. The molecule has 31 heavy (non-hydrogen) atoms. The molecule has 2 aromatic rings. The van der Waals surface area contributed by atoms with E-state index in [2.05, 4.69) is 52.1 Å². The van der Waals surface area contributed by atoms with Crippen molar-refractivity contribution >= 4 is 35.8 Å². The maximum atomic E-state index is 11.6. The molecule has 170 valence electrons. The molecule has 3 N–H and O–H groups in total. The zero-order valence-electron chi connectivity index (χ0n) is 18.6. The van der Waals surface area contributed by atoms with Gasteiger partial charge in [0, 0.05) is 26.7 Å². The quantitative estimate of drug-likeness (QED) is 0.245. The molecular formula is C23H33IN4O3. The van der Waals surface area contributed by atoms with Crippen molar-refractivity contribution in [3.63, 3.8) is 0 Å². The number of hydrogen-bond donors (Lipinski definition) is 3. The second kappa shape index (κ2) is 14.5. The number of nitrogens with one attached hydrogen (secondary N) is 3. The third-order valence-electron chi connectivity index (χ3n) is 4.59. The van der Waals surface area contributed by atoms with Crippen LogP contribution in [0.15, 0.2) is 53.5 Å². The highest BCUT2D eigenvalue weighted by Crippen LogP contribution is 2.28. The molecule has 1 atom stereocenters. The van der Waals surface area contributed by atoms with Gasteiger partial charge in [0.15, 0.2) is 24.1 Å². The number of benzene rings is 2. The highest BCUT2D eigenvalue weighted by Gasteiger charge is 2.10. The van der Waals surface area contributed by atoms with Crippen molar-refractivity contribution in [2.75, 3.05) is 33.9 Å². The number of hydrogen-bond acceptors (Lipinski definition) is 4. The molecule has 2 aromatic carbocycles. The number of carbonyl (C=O) groups is 1. The van der Waals surface area contributed by atoms with Crippen LogP contribution in [-0.2, 0) is 11.3 Å². The van der Waals surface area contributed by atoms with Crippen molar-refractivity contribution in [3.05, 3.63) is 59.7 Å². The van der Waals surface area contributed by atoms with Crippen LogP contribution in [-0.4, -0.2) is 45.7 Å². The fraction of sp³-hybridized carbons (Fsp3) is 0.391. The number of ether oxygens (including phenoxy) is 2. The number of methoxy groups -OCH3 is 1. The van der Waals surface area contributed by atoms with Gasteiger partial charge in [-0.3, -0.25) is 9.79 Å². The number of carbonyl (C=O) groups excluding carboxylic acids is 1. The van der Waals surface area contributed by atoms with E-state index in [0.717, 1.165) is 18.1 Å². The molecule has 0 aliphatic rings. The Hall–Kier alpha value is -2.49.